The summed E-state index contributed by atoms with van der Waals surface area (Å²) in [5.74, 6) is 0.981. The second-order valence-electron chi connectivity index (χ2n) is 4.61. The molecule has 3 N–H and O–H groups in total. The number of nitrogens with one attached hydrogen (secondary N) is 1. The highest BCUT2D eigenvalue weighted by Crippen LogP contribution is 2.12. The van der Waals surface area contributed by atoms with Crippen molar-refractivity contribution in [2.75, 3.05) is 38.6 Å². The average Bonchev–Trinajstić information content (AvgIpc) is 2.34. The largest absolute Gasteiger partial charge is 0.384 e. The van der Waals surface area contributed by atoms with Gasteiger partial charge in [-0.1, -0.05) is 6.92 Å². The van der Waals surface area contributed by atoms with Gasteiger partial charge in [-0.15, -0.1) is 0 Å². The third-order valence-corrected chi connectivity index (χ3v) is 2.69. The van der Waals surface area contributed by atoms with Crippen LogP contribution in [-0.4, -0.2) is 49.4 Å². The molecule has 0 atom stereocenters. The molecule has 1 aromatic heterocycles. The van der Waals surface area contributed by atoms with Gasteiger partial charge in [0.25, 0.3) is 0 Å². The number of nitrogen functional groups attached to an aromatic ring is 1. The van der Waals surface area contributed by atoms with E-state index in [1.165, 1.54) is 0 Å². The Kier molecular flexibility index (Phi) is 5.58. The summed E-state index contributed by atoms with van der Waals surface area (Å²) in [5.41, 5.74) is 6.24. The van der Waals surface area contributed by atoms with E-state index in [1.807, 2.05) is 6.07 Å². The molecule has 100 valence electrons. The fourth-order valence-electron chi connectivity index (χ4n) is 1.69. The van der Waals surface area contributed by atoms with E-state index in [0.29, 0.717) is 0 Å². The minimum Gasteiger partial charge on any atom is -0.384 e. The second-order valence-corrected chi connectivity index (χ2v) is 4.61. The Bertz CT molecular complexity index is 389. The standard InChI is InChI=1S/C13H23N5/c1-4-7-18(9-8-17(2)3)12-10-11(13(14)15)5-6-16-12/h5-6,10H,4,7-9H2,1-3H3,(H3,14,15). The molecule has 0 aromatic carbocycles. The van der Waals surface area contributed by atoms with Crippen LogP contribution in [0.5, 0.6) is 0 Å². The highest BCUT2D eigenvalue weighted by atomic mass is 15.2. The van der Waals surface area contributed by atoms with Crippen molar-refractivity contribution in [1.82, 2.24) is 9.88 Å². The molecule has 0 radical (unpaired) electrons. The summed E-state index contributed by atoms with van der Waals surface area (Å²) in [6.45, 7) is 5.01. The summed E-state index contributed by atoms with van der Waals surface area (Å²) in [7, 11) is 4.12. The van der Waals surface area contributed by atoms with E-state index in [-0.39, 0.29) is 5.84 Å². The fourth-order valence-corrected chi connectivity index (χ4v) is 1.69. The van der Waals surface area contributed by atoms with E-state index in [4.69, 9.17) is 11.1 Å². The summed E-state index contributed by atoms with van der Waals surface area (Å²) in [4.78, 5) is 8.75. The quantitative estimate of drug-likeness (QED) is 0.562. The lowest BCUT2D eigenvalue weighted by Crippen LogP contribution is -2.33. The van der Waals surface area contributed by atoms with Gasteiger partial charge in [-0.25, -0.2) is 4.98 Å². The topological polar surface area (TPSA) is 69.2 Å². The summed E-state index contributed by atoms with van der Waals surface area (Å²) in [5, 5.41) is 7.47. The molecule has 18 heavy (non-hydrogen) atoms. The van der Waals surface area contributed by atoms with E-state index >= 15 is 0 Å². The second kappa shape index (κ2) is 6.96. The van der Waals surface area contributed by atoms with Crippen LogP contribution in [0, 0.1) is 5.41 Å². The van der Waals surface area contributed by atoms with Crippen LogP contribution in [0.4, 0.5) is 5.82 Å². The number of hydrogen-bond donors (Lipinski definition) is 2. The number of rotatable bonds is 7. The van der Waals surface area contributed by atoms with Crippen molar-refractivity contribution in [3.63, 3.8) is 0 Å². The predicted octanol–water partition coefficient (Wildman–Crippen LogP) is 1.14. The zero-order chi connectivity index (χ0) is 13.5. The molecule has 1 aromatic rings. The first-order valence-electron chi connectivity index (χ1n) is 6.24. The number of anilines is 1. The third-order valence-electron chi connectivity index (χ3n) is 2.69. The van der Waals surface area contributed by atoms with Crippen LogP contribution in [0.25, 0.3) is 0 Å². The van der Waals surface area contributed by atoms with Gasteiger partial charge in [0.2, 0.25) is 0 Å². The van der Waals surface area contributed by atoms with Crippen molar-refractivity contribution < 1.29 is 0 Å². The molecule has 0 aliphatic carbocycles. The lowest BCUT2D eigenvalue weighted by molar-refractivity contribution is 0.412. The number of nitrogens with zero attached hydrogens (tertiary/aromatic N) is 3. The molecule has 5 heteroatoms. The normalized spacial score (nSPS) is 10.7. The molecule has 0 saturated heterocycles. The Morgan fingerprint density at radius 2 is 2.06 bits per heavy atom. The molecule has 0 amide bonds. The van der Waals surface area contributed by atoms with Crippen LogP contribution in [0.2, 0.25) is 0 Å². The molecule has 0 saturated carbocycles. The van der Waals surface area contributed by atoms with Crippen LogP contribution in [0.3, 0.4) is 0 Å². The number of pyridine rings is 1. The number of amidine groups is 1. The first-order chi connectivity index (χ1) is 8.54. The summed E-state index contributed by atoms with van der Waals surface area (Å²) >= 11 is 0. The van der Waals surface area contributed by atoms with Crippen molar-refractivity contribution >= 4 is 11.7 Å². The maximum atomic E-state index is 7.47. The van der Waals surface area contributed by atoms with Crippen LogP contribution in [0.1, 0.15) is 18.9 Å². The molecule has 0 spiro atoms. The Hall–Kier alpha value is -1.62. The first kappa shape index (κ1) is 14.4. The monoisotopic (exact) mass is 249 g/mol. The molecule has 0 fully saturated rings. The first-order valence-corrected chi connectivity index (χ1v) is 6.24. The molecule has 1 heterocycles. The zero-order valence-electron chi connectivity index (χ0n) is 11.5. The molecular formula is C13H23N5. The molecule has 1 rings (SSSR count). The lowest BCUT2D eigenvalue weighted by Gasteiger charge is -2.25. The Morgan fingerprint density at radius 3 is 2.61 bits per heavy atom. The number of likely N-dealkylation sites (N-methyl/N-ethyl adjacent to an activating group) is 1. The SMILES string of the molecule is CCCN(CCN(C)C)c1cc(C(=N)N)ccn1. The van der Waals surface area contributed by atoms with Gasteiger partial charge in [0, 0.05) is 31.4 Å². The van der Waals surface area contributed by atoms with Crippen molar-refractivity contribution in [3.8, 4) is 0 Å². The lowest BCUT2D eigenvalue weighted by atomic mass is 10.2. The molecular weight excluding hydrogens is 226 g/mol. The minimum atomic E-state index is 0.0858. The molecule has 0 aliphatic rings. The summed E-state index contributed by atoms with van der Waals surface area (Å²) in [6, 6.07) is 3.65. The van der Waals surface area contributed by atoms with Crippen LogP contribution in [0.15, 0.2) is 18.3 Å². The smallest absolute Gasteiger partial charge is 0.129 e. The van der Waals surface area contributed by atoms with Gasteiger partial charge < -0.3 is 15.5 Å². The number of aromatic nitrogens is 1. The van der Waals surface area contributed by atoms with Gasteiger partial charge in [-0.3, -0.25) is 5.41 Å². The number of hydrogen-bond acceptors (Lipinski definition) is 4. The van der Waals surface area contributed by atoms with E-state index in [1.54, 1.807) is 12.3 Å². The van der Waals surface area contributed by atoms with Gasteiger partial charge in [0.15, 0.2) is 0 Å². The van der Waals surface area contributed by atoms with Crippen molar-refractivity contribution in [3.05, 3.63) is 23.9 Å². The molecule has 0 unspecified atom stereocenters. The van der Waals surface area contributed by atoms with Crippen LogP contribution < -0.4 is 10.6 Å². The highest BCUT2D eigenvalue weighted by molar-refractivity contribution is 5.95. The van der Waals surface area contributed by atoms with Gasteiger partial charge in [0.1, 0.15) is 11.7 Å². The van der Waals surface area contributed by atoms with Crippen LogP contribution in [-0.2, 0) is 0 Å². The van der Waals surface area contributed by atoms with E-state index in [9.17, 15) is 0 Å². The Balaban J connectivity index is 2.83. The molecule has 0 bridgehead atoms. The van der Waals surface area contributed by atoms with Gasteiger partial charge in [-0.2, -0.15) is 0 Å². The van der Waals surface area contributed by atoms with Crippen molar-refractivity contribution in [1.29, 1.82) is 5.41 Å². The Labute approximate surface area is 109 Å². The van der Waals surface area contributed by atoms with Crippen molar-refractivity contribution in [2.45, 2.75) is 13.3 Å². The summed E-state index contributed by atoms with van der Waals surface area (Å²) in [6.07, 6.45) is 2.78. The van der Waals surface area contributed by atoms with Gasteiger partial charge in [-0.05, 0) is 32.6 Å². The minimum absolute atomic E-state index is 0.0858. The maximum absolute atomic E-state index is 7.47. The summed E-state index contributed by atoms with van der Waals surface area (Å²) < 4.78 is 0. The van der Waals surface area contributed by atoms with E-state index < -0.39 is 0 Å². The maximum Gasteiger partial charge on any atom is 0.129 e. The van der Waals surface area contributed by atoms with Crippen LogP contribution >= 0.6 is 0 Å². The average molecular weight is 249 g/mol. The number of nitrogens with two attached hydrogens (primary N) is 1. The molecule has 0 aliphatic heterocycles. The van der Waals surface area contributed by atoms with E-state index in [2.05, 4.69) is 35.8 Å². The molecule has 5 nitrogen and oxygen atoms in total. The predicted molar refractivity (Wildman–Crippen MR) is 76.3 cm³/mol. The van der Waals surface area contributed by atoms with Gasteiger partial charge in [0.05, 0.1) is 0 Å². The third kappa shape index (κ3) is 4.33. The fraction of sp³-hybridized carbons (Fsp3) is 0.538. The Morgan fingerprint density at radius 1 is 1.33 bits per heavy atom. The zero-order valence-corrected chi connectivity index (χ0v) is 11.5. The van der Waals surface area contributed by atoms with E-state index in [0.717, 1.165) is 37.4 Å². The highest BCUT2D eigenvalue weighted by Gasteiger charge is 2.08. The van der Waals surface area contributed by atoms with Gasteiger partial charge >= 0.3 is 0 Å². The van der Waals surface area contributed by atoms with Crippen molar-refractivity contribution in [2.24, 2.45) is 5.73 Å².